The van der Waals surface area contributed by atoms with Gasteiger partial charge in [0.2, 0.25) is 5.91 Å². The molecule has 2 fully saturated rings. The molecule has 0 bridgehead atoms. The van der Waals surface area contributed by atoms with Crippen LogP contribution in [-0.2, 0) is 4.79 Å². The maximum Gasteiger partial charge on any atom is 0.273 e. The number of benzene rings is 1. The first-order valence-corrected chi connectivity index (χ1v) is 10.9. The molecule has 2 aliphatic rings. The van der Waals surface area contributed by atoms with Crippen LogP contribution in [0.2, 0.25) is 0 Å². The van der Waals surface area contributed by atoms with Crippen molar-refractivity contribution >= 4 is 11.8 Å². The van der Waals surface area contributed by atoms with Gasteiger partial charge in [0.25, 0.3) is 5.91 Å². The van der Waals surface area contributed by atoms with Crippen molar-refractivity contribution in [1.29, 1.82) is 0 Å². The summed E-state index contributed by atoms with van der Waals surface area (Å²) in [4.78, 5) is 29.6. The van der Waals surface area contributed by atoms with Gasteiger partial charge in [-0.1, -0.05) is 12.1 Å². The van der Waals surface area contributed by atoms with Gasteiger partial charge in [0.05, 0.1) is 11.5 Å². The Morgan fingerprint density at radius 3 is 2.59 bits per heavy atom. The van der Waals surface area contributed by atoms with Gasteiger partial charge in [-0.15, -0.1) is 0 Å². The highest BCUT2D eigenvalue weighted by Crippen LogP contribution is 2.34. The molecule has 2 heterocycles. The number of piperidine rings is 1. The van der Waals surface area contributed by atoms with Crippen LogP contribution in [0.3, 0.4) is 0 Å². The van der Waals surface area contributed by atoms with E-state index in [-0.39, 0.29) is 34.9 Å². The van der Waals surface area contributed by atoms with Crippen molar-refractivity contribution < 1.29 is 22.9 Å². The van der Waals surface area contributed by atoms with Crippen LogP contribution < -0.4 is 5.32 Å². The van der Waals surface area contributed by atoms with Gasteiger partial charge < -0.3 is 14.7 Å². The zero-order chi connectivity index (χ0) is 23.0. The van der Waals surface area contributed by atoms with Crippen LogP contribution in [-0.4, -0.2) is 66.0 Å². The first kappa shape index (κ1) is 22.4. The molecule has 9 heteroatoms. The summed E-state index contributed by atoms with van der Waals surface area (Å²) in [6.45, 7) is 3.64. The number of carbonyl (C=O) groups is 2. The fraction of sp³-hybridized carbons (Fsp3) is 0.522. The molecule has 1 aliphatic carbocycles. The van der Waals surface area contributed by atoms with Crippen LogP contribution in [0, 0.1) is 23.5 Å². The van der Waals surface area contributed by atoms with E-state index in [0.717, 1.165) is 25.1 Å². The van der Waals surface area contributed by atoms with Crippen molar-refractivity contribution in [2.24, 2.45) is 11.8 Å². The van der Waals surface area contributed by atoms with Gasteiger partial charge in [0.1, 0.15) is 11.6 Å². The predicted octanol–water partition coefficient (Wildman–Crippen LogP) is 2.93. The molecule has 1 saturated carbocycles. The summed E-state index contributed by atoms with van der Waals surface area (Å²) in [5.74, 6) is -1.74. The lowest BCUT2D eigenvalue weighted by Gasteiger charge is -2.48. The Hall–Kier alpha value is -2.81. The van der Waals surface area contributed by atoms with Gasteiger partial charge in [-0.25, -0.2) is 8.78 Å². The molecule has 1 saturated heterocycles. The Balaban J connectivity index is 1.47. The molecule has 1 N–H and O–H groups in total. The minimum absolute atomic E-state index is 0.0153. The van der Waals surface area contributed by atoms with Gasteiger partial charge in [-0.2, -0.15) is 0 Å². The van der Waals surface area contributed by atoms with E-state index in [4.69, 9.17) is 4.52 Å². The highest BCUT2D eigenvalue weighted by atomic mass is 19.1. The number of carbonyl (C=O) groups excluding carboxylic acids is 2. The summed E-state index contributed by atoms with van der Waals surface area (Å²) < 4.78 is 32.3. The van der Waals surface area contributed by atoms with Crippen molar-refractivity contribution in [3.05, 3.63) is 41.6 Å². The highest BCUT2D eigenvalue weighted by Gasteiger charge is 2.41. The lowest BCUT2D eigenvalue weighted by Crippen LogP contribution is -2.59. The van der Waals surface area contributed by atoms with Gasteiger partial charge >= 0.3 is 0 Å². The standard InChI is InChI=1S/C23H28F2N4O3/c1-13-4-7-20(13)29-9-8-18(16(12-29)23(31)28(2)3)26-22(30)19-11-21(32-27-19)15-6-5-14(24)10-17(15)25/h5-6,10-11,13,16,18,20H,4,7-9,12H2,1-3H3,(H,26,30)/t13-,16+,18+,20+/m0/s1. The number of nitrogens with zero attached hydrogens (tertiary/aromatic N) is 3. The molecule has 1 aromatic heterocycles. The second-order valence-electron chi connectivity index (χ2n) is 9.03. The van der Waals surface area contributed by atoms with Gasteiger partial charge in [-0.05, 0) is 37.3 Å². The number of aromatic nitrogens is 1. The average Bonchev–Trinajstić information content (AvgIpc) is 3.23. The third-order valence-corrected chi connectivity index (χ3v) is 6.70. The molecule has 7 nitrogen and oxygen atoms in total. The largest absolute Gasteiger partial charge is 0.355 e. The molecule has 1 aliphatic heterocycles. The van der Waals surface area contributed by atoms with Crippen molar-refractivity contribution in [3.8, 4) is 11.3 Å². The molecule has 2 aromatic rings. The Morgan fingerprint density at radius 2 is 1.97 bits per heavy atom. The van der Waals surface area contributed by atoms with Gasteiger partial charge in [0, 0.05) is 51.4 Å². The Kier molecular flexibility index (Phi) is 6.28. The van der Waals surface area contributed by atoms with Gasteiger partial charge in [0.15, 0.2) is 11.5 Å². The van der Waals surface area contributed by atoms with E-state index in [9.17, 15) is 18.4 Å². The Morgan fingerprint density at radius 1 is 1.19 bits per heavy atom. The smallest absolute Gasteiger partial charge is 0.273 e. The topological polar surface area (TPSA) is 78.7 Å². The molecule has 0 unspecified atom stereocenters. The van der Waals surface area contributed by atoms with Crippen LogP contribution in [0.25, 0.3) is 11.3 Å². The first-order valence-electron chi connectivity index (χ1n) is 10.9. The summed E-state index contributed by atoms with van der Waals surface area (Å²) >= 11 is 0. The normalized spacial score (nSPS) is 25.8. The minimum Gasteiger partial charge on any atom is -0.355 e. The van der Waals surface area contributed by atoms with E-state index < -0.39 is 17.5 Å². The predicted molar refractivity (Wildman–Crippen MR) is 114 cm³/mol. The molecule has 0 radical (unpaired) electrons. The molecular weight excluding hydrogens is 418 g/mol. The molecule has 172 valence electrons. The van der Waals surface area contributed by atoms with Crippen LogP contribution >= 0.6 is 0 Å². The molecule has 32 heavy (non-hydrogen) atoms. The lowest BCUT2D eigenvalue weighted by molar-refractivity contribution is -0.136. The van der Waals surface area contributed by atoms with Crippen LogP contribution in [0.4, 0.5) is 8.78 Å². The van der Waals surface area contributed by atoms with Crippen molar-refractivity contribution in [2.45, 2.75) is 38.3 Å². The first-order chi connectivity index (χ1) is 15.2. The number of halogens is 2. The fourth-order valence-electron chi connectivity index (χ4n) is 4.67. The maximum atomic E-state index is 14.0. The number of hydrogen-bond acceptors (Lipinski definition) is 5. The third-order valence-electron chi connectivity index (χ3n) is 6.70. The Bertz CT molecular complexity index is 1010. The fourth-order valence-corrected chi connectivity index (χ4v) is 4.67. The van der Waals surface area contributed by atoms with Gasteiger partial charge in [-0.3, -0.25) is 14.5 Å². The average molecular weight is 446 g/mol. The SMILES string of the molecule is C[C@H]1CC[C@H]1N1CC[C@@H](NC(=O)c2cc(-c3ccc(F)cc3F)on2)[C@H](C(=O)N(C)C)C1. The zero-order valence-corrected chi connectivity index (χ0v) is 18.5. The number of nitrogens with one attached hydrogen (secondary N) is 1. The number of likely N-dealkylation sites (tertiary alicyclic amines) is 1. The summed E-state index contributed by atoms with van der Waals surface area (Å²) in [7, 11) is 3.43. The molecular formula is C23H28F2N4O3. The number of amides is 2. The Labute approximate surface area is 185 Å². The van der Waals surface area contributed by atoms with Crippen molar-refractivity contribution in [1.82, 2.24) is 20.3 Å². The summed E-state index contributed by atoms with van der Waals surface area (Å²) in [5, 5.41) is 6.68. The van der Waals surface area contributed by atoms with Crippen molar-refractivity contribution in [2.75, 3.05) is 27.2 Å². The van der Waals surface area contributed by atoms with E-state index in [1.54, 1.807) is 19.0 Å². The number of rotatable bonds is 5. The molecule has 4 atom stereocenters. The minimum atomic E-state index is -0.803. The summed E-state index contributed by atoms with van der Waals surface area (Å²) in [5.41, 5.74) is -0.00337. The third kappa shape index (κ3) is 4.39. The van der Waals surface area contributed by atoms with E-state index in [1.165, 1.54) is 18.6 Å². The van der Waals surface area contributed by atoms with Crippen LogP contribution in [0.15, 0.2) is 28.8 Å². The maximum absolute atomic E-state index is 14.0. The zero-order valence-electron chi connectivity index (χ0n) is 18.5. The summed E-state index contributed by atoms with van der Waals surface area (Å²) in [6.07, 6.45) is 3.00. The van der Waals surface area contributed by atoms with Crippen LogP contribution in [0.5, 0.6) is 0 Å². The highest BCUT2D eigenvalue weighted by molar-refractivity contribution is 5.94. The second-order valence-corrected chi connectivity index (χ2v) is 9.03. The van der Waals surface area contributed by atoms with Crippen LogP contribution in [0.1, 0.15) is 36.7 Å². The number of hydrogen-bond donors (Lipinski definition) is 1. The molecule has 4 rings (SSSR count). The van der Waals surface area contributed by atoms with E-state index in [1.807, 2.05) is 0 Å². The monoisotopic (exact) mass is 446 g/mol. The van der Waals surface area contributed by atoms with E-state index >= 15 is 0 Å². The molecule has 1 aromatic carbocycles. The molecule has 2 amide bonds. The van der Waals surface area contributed by atoms with E-state index in [2.05, 4.69) is 22.3 Å². The quantitative estimate of drug-likeness (QED) is 0.764. The summed E-state index contributed by atoms with van der Waals surface area (Å²) in [6, 6.07) is 4.55. The molecule has 0 spiro atoms. The lowest BCUT2D eigenvalue weighted by atomic mass is 9.78. The van der Waals surface area contributed by atoms with Crippen molar-refractivity contribution in [3.63, 3.8) is 0 Å². The second kappa shape index (κ2) is 8.97. The van der Waals surface area contributed by atoms with E-state index in [0.29, 0.717) is 24.9 Å².